The number of sulfonamides is 1. The second-order valence-electron chi connectivity index (χ2n) is 3.58. The molecule has 14 heavy (non-hydrogen) atoms. The largest absolute Gasteiger partial charge is 0.290 e. The van der Waals surface area contributed by atoms with Crippen LogP contribution in [0.25, 0.3) is 0 Å². The third-order valence-corrected chi connectivity index (χ3v) is 2.96. The summed E-state index contributed by atoms with van der Waals surface area (Å²) in [5, 5.41) is 0. The second kappa shape index (κ2) is 5.68. The van der Waals surface area contributed by atoms with E-state index in [1.807, 2.05) is 25.8 Å². The number of nitrogens with zero attached hydrogens (tertiary/aromatic N) is 1. The molecule has 0 bridgehead atoms. The second-order valence-corrected chi connectivity index (χ2v) is 5.36. The Hall–Kier alpha value is -0.130. The zero-order valence-electron chi connectivity index (χ0n) is 9.74. The zero-order valence-corrected chi connectivity index (χ0v) is 10.6. The molecule has 1 rings (SSSR count). The van der Waals surface area contributed by atoms with Crippen LogP contribution in [0.1, 0.15) is 27.2 Å². The lowest BCUT2D eigenvalue weighted by Crippen LogP contribution is -2.44. The van der Waals surface area contributed by atoms with Gasteiger partial charge in [-0.3, -0.25) is 4.90 Å². The van der Waals surface area contributed by atoms with Crippen molar-refractivity contribution < 1.29 is 8.42 Å². The third-order valence-electron chi connectivity index (χ3n) is 2.29. The van der Waals surface area contributed by atoms with Gasteiger partial charge in [0.1, 0.15) is 0 Å². The summed E-state index contributed by atoms with van der Waals surface area (Å²) in [5.41, 5.74) is 0. The lowest BCUT2D eigenvalue weighted by molar-refractivity contribution is 0.265. The third kappa shape index (κ3) is 4.39. The first-order chi connectivity index (χ1) is 6.40. The maximum absolute atomic E-state index is 10.9. The van der Waals surface area contributed by atoms with E-state index >= 15 is 0 Å². The molecule has 0 saturated carbocycles. The van der Waals surface area contributed by atoms with Gasteiger partial charge in [-0.1, -0.05) is 20.8 Å². The Morgan fingerprint density at radius 2 is 1.86 bits per heavy atom. The summed E-state index contributed by atoms with van der Waals surface area (Å²) in [5.74, 6) is 0.407. The van der Waals surface area contributed by atoms with E-state index in [2.05, 4.69) is 11.6 Å². The van der Waals surface area contributed by atoms with Gasteiger partial charge in [0.25, 0.3) is 0 Å². The molecule has 2 atom stereocenters. The number of likely N-dealkylation sites (tertiary alicyclic amines) is 1. The van der Waals surface area contributed by atoms with Crippen molar-refractivity contribution in [3.8, 4) is 0 Å². The Balaban J connectivity index is 0.000000791. The van der Waals surface area contributed by atoms with Gasteiger partial charge in [0.15, 0.2) is 0 Å². The van der Waals surface area contributed by atoms with Crippen LogP contribution in [0.15, 0.2) is 0 Å². The molecule has 0 radical (unpaired) electrons. The Labute approximate surface area is 87.7 Å². The van der Waals surface area contributed by atoms with Crippen LogP contribution in [0.4, 0.5) is 0 Å². The highest BCUT2D eigenvalue weighted by Gasteiger charge is 2.30. The monoisotopic (exact) mass is 222 g/mol. The molecule has 0 aromatic rings. The highest BCUT2D eigenvalue weighted by molar-refractivity contribution is 7.88. The van der Waals surface area contributed by atoms with Crippen LogP contribution >= 0.6 is 0 Å². The normalized spacial score (nSPS) is 28.4. The topological polar surface area (TPSA) is 49.4 Å². The van der Waals surface area contributed by atoms with Crippen molar-refractivity contribution in [1.29, 1.82) is 0 Å². The van der Waals surface area contributed by atoms with Gasteiger partial charge in [0.2, 0.25) is 10.0 Å². The van der Waals surface area contributed by atoms with Gasteiger partial charge in [0, 0.05) is 0 Å². The first-order valence-electron chi connectivity index (χ1n) is 5.07. The average molecular weight is 222 g/mol. The molecule has 0 aliphatic carbocycles. The molecule has 4 nitrogen and oxygen atoms in total. The molecule has 0 aromatic carbocycles. The molecule has 1 saturated heterocycles. The van der Waals surface area contributed by atoms with Crippen LogP contribution in [-0.2, 0) is 10.0 Å². The minimum Gasteiger partial charge on any atom is -0.290 e. The van der Waals surface area contributed by atoms with Crippen LogP contribution < -0.4 is 4.72 Å². The molecule has 1 heterocycles. The van der Waals surface area contributed by atoms with E-state index in [0.29, 0.717) is 5.92 Å². The van der Waals surface area contributed by atoms with Crippen LogP contribution in [0.2, 0.25) is 0 Å². The van der Waals surface area contributed by atoms with Gasteiger partial charge >= 0.3 is 0 Å². The summed E-state index contributed by atoms with van der Waals surface area (Å²) in [6.45, 7) is 7.03. The first kappa shape index (κ1) is 13.9. The SMILES string of the molecule is CC.CC1CCN(C)C1NS(C)(=O)=O. The van der Waals surface area contributed by atoms with E-state index < -0.39 is 10.0 Å². The van der Waals surface area contributed by atoms with E-state index in [1.54, 1.807) is 0 Å². The molecule has 2 unspecified atom stereocenters. The van der Waals surface area contributed by atoms with Crippen molar-refractivity contribution in [2.45, 2.75) is 33.4 Å². The Bertz CT molecular complexity index is 242. The molecule has 1 N–H and O–H groups in total. The maximum Gasteiger partial charge on any atom is 0.210 e. The average Bonchev–Trinajstić information content (AvgIpc) is 2.37. The van der Waals surface area contributed by atoms with Gasteiger partial charge in [0.05, 0.1) is 12.4 Å². The zero-order chi connectivity index (χ0) is 11.4. The summed E-state index contributed by atoms with van der Waals surface area (Å²) in [4.78, 5) is 2.03. The summed E-state index contributed by atoms with van der Waals surface area (Å²) in [7, 11) is -1.13. The molecule has 0 spiro atoms. The summed E-state index contributed by atoms with van der Waals surface area (Å²) >= 11 is 0. The van der Waals surface area contributed by atoms with Crippen molar-refractivity contribution in [3.05, 3.63) is 0 Å². The highest BCUT2D eigenvalue weighted by atomic mass is 32.2. The number of rotatable bonds is 2. The molecule has 1 fully saturated rings. The van der Waals surface area contributed by atoms with Gasteiger partial charge in [-0.05, 0) is 25.9 Å². The smallest absolute Gasteiger partial charge is 0.210 e. The molecule has 1 aliphatic heterocycles. The fraction of sp³-hybridized carbons (Fsp3) is 1.00. The highest BCUT2D eigenvalue weighted by Crippen LogP contribution is 2.20. The molecule has 1 aliphatic rings. The summed E-state index contributed by atoms with van der Waals surface area (Å²) in [6, 6.07) is 0. The van der Waals surface area contributed by atoms with Gasteiger partial charge in [-0.15, -0.1) is 0 Å². The van der Waals surface area contributed by atoms with Gasteiger partial charge < -0.3 is 0 Å². The molecule has 0 amide bonds. The van der Waals surface area contributed by atoms with E-state index in [4.69, 9.17) is 0 Å². The fourth-order valence-electron chi connectivity index (χ4n) is 1.56. The van der Waals surface area contributed by atoms with Crippen LogP contribution in [-0.4, -0.2) is 39.3 Å². The molecule has 5 heteroatoms. The minimum atomic E-state index is -3.07. The van der Waals surface area contributed by atoms with Crippen molar-refractivity contribution in [1.82, 2.24) is 9.62 Å². The van der Waals surface area contributed by atoms with Crippen molar-refractivity contribution in [2.75, 3.05) is 19.8 Å². The lowest BCUT2D eigenvalue weighted by Gasteiger charge is -2.22. The number of nitrogens with one attached hydrogen (secondary N) is 1. The quantitative estimate of drug-likeness (QED) is 0.754. The first-order valence-corrected chi connectivity index (χ1v) is 6.97. The van der Waals surface area contributed by atoms with Crippen molar-refractivity contribution >= 4 is 10.0 Å². The van der Waals surface area contributed by atoms with E-state index in [0.717, 1.165) is 13.0 Å². The van der Waals surface area contributed by atoms with Crippen LogP contribution in [0.5, 0.6) is 0 Å². The molecular weight excluding hydrogens is 200 g/mol. The van der Waals surface area contributed by atoms with Crippen molar-refractivity contribution in [3.63, 3.8) is 0 Å². The summed E-state index contributed by atoms with van der Waals surface area (Å²) < 4.78 is 24.5. The predicted octanol–water partition coefficient (Wildman–Crippen LogP) is 0.859. The van der Waals surface area contributed by atoms with Gasteiger partial charge in [-0.25, -0.2) is 8.42 Å². The van der Waals surface area contributed by atoms with E-state index in [9.17, 15) is 8.42 Å². The predicted molar refractivity (Wildman–Crippen MR) is 59.5 cm³/mol. The van der Waals surface area contributed by atoms with Crippen molar-refractivity contribution in [2.24, 2.45) is 5.92 Å². The summed E-state index contributed by atoms with van der Waals surface area (Å²) in [6.07, 6.45) is 2.25. The Morgan fingerprint density at radius 1 is 1.36 bits per heavy atom. The van der Waals surface area contributed by atoms with Crippen LogP contribution in [0.3, 0.4) is 0 Å². The molecule has 0 aromatic heterocycles. The Kier molecular flexibility index (Phi) is 5.63. The standard InChI is InChI=1S/C7H16N2O2S.C2H6/c1-6-4-5-9(2)7(6)8-12(3,10)11;1-2/h6-8H,4-5H2,1-3H3;1-2H3. The number of hydrogen-bond donors (Lipinski definition) is 1. The Morgan fingerprint density at radius 3 is 2.14 bits per heavy atom. The van der Waals surface area contributed by atoms with Crippen LogP contribution in [0, 0.1) is 5.92 Å². The molecule has 86 valence electrons. The lowest BCUT2D eigenvalue weighted by atomic mass is 10.1. The van der Waals surface area contributed by atoms with E-state index in [1.165, 1.54) is 6.26 Å². The fourth-order valence-corrected chi connectivity index (χ4v) is 2.42. The maximum atomic E-state index is 10.9. The number of hydrogen-bond acceptors (Lipinski definition) is 3. The van der Waals surface area contributed by atoms with E-state index in [-0.39, 0.29) is 6.17 Å². The van der Waals surface area contributed by atoms with Gasteiger partial charge in [-0.2, -0.15) is 4.72 Å². The minimum absolute atomic E-state index is 0.0139. The molecular formula is C9H22N2O2S.